The van der Waals surface area contributed by atoms with Crippen LogP contribution in [0.15, 0.2) is 54.6 Å². The summed E-state index contributed by atoms with van der Waals surface area (Å²) in [5.74, 6) is 0.239. The minimum absolute atomic E-state index is 0.239. The zero-order chi connectivity index (χ0) is 16.4. The molecule has 1 unspecified atom stereocenters. The highest BCUT2D eigenvalue weighted by atomic mass is 16.1. The van der Waals surface area contributed by atoms with Gasteiger partial charge in [0, 0.05) is 18.7 Å². The molecule has 0 N–H and O–H groups in total. The lowest BCUT2D eigenvalue weighted by atomic mass is 10.0. The van der Waals surface area contributed by atoms with Crippen molar-refractivity contribution in [1.29, 1.82) is 0 Å². The molecule has 0 radical (unpaired) electrons. The molecule has 3 nitrogen and oxygen atoms in total. The van der Waals surface area contributed by atoms with E-state index in [1.807, 2.05) is 30.3 Å². The van der Waals surface area contributed by atoms with Gasteiger partial charge in [-0.05, 0) is 36.9 Å². The monoisotopic (exact) mass is 320 g/mol. The molecule has 2 heterocycles. The van der Waals surface area contributed by atoms with Crippen molar-refractivity contribution < 1.29 is 4.79 Å². The van der Waals surface area contributed by atoms with Crippen LogP contribution in [0.25, 0.3) is 11.1 Å². The number of Topliss-reactive ketones (excluding diaryl/α,β-unsaturated/α-hetero) is 1. The van der Waals surface area contributed by atoms with E-state index in [9.17, 15) is 4.79 Å². The van der Waals surface area contributed by atoms with Gasteiger partial charge in [0.1, 0.15) is 0 Å². The summed E-state index contributed by atoms with van der Waals surface area (Å²) in [4.78, 5) is 17.6. The zero-order valence-electron chi connectivity index (χ0n) is 14.0. The van der Waals surface area contributed by atoms with Gasteiger partial charge in [-0.25, -0.2) is 0 Å². The Bertz CT molecular complexity index is 696. The third kappa shape index (κ3) is 3.14. The van der Waals surface area contributed by atoms with Crippen molar-refractivity contribution in [3.05, 3.63) is 60.2 Å². The maximum atomic E-state index is 12.7. The van der Waals surface area contributed by atoms with E-state index in [-0.39, 0.29) is 5.78 Å². The Morgan fingerprint density at radius 1 is 0.875 bits per heavy atom. The summed E-state index contributed by atoms with van der Waals surface area (Å²) in [5, 5.41) is 0. The Labute approximate surface area is 143 Å². The maximum Gasteiger partial charge on any atom is 0.176 e. The van der Waals surface area contributed by atoms with E-state index in [2.05, 4.69) is 34.1 Å². The van der Waals surface area contributed by atoms with Crippen LogP contribution in [0.2, 0.25) is 0 Å². The van der Waals surface area contributed by atoms with Gasteiger partial charge < -0.3 is 0 Å². The van der Waals surface area contributed by atoms with Crippen LogP contribution < -0.4 is 0 Å². The van der Waals surface area contributed by atoms with Crippen LogP contribution >= 0.6 is 0 Å². The average molecular weight is 320 g/mol. The van der Waals surface area contributed by atoms with Gasteiger partial charge in [0.15, 0.2) is 5.78 Å². The number of carbonyl (C=O) groups excluding carboxylic acids is 1. The number of hydrogen-bond donors (Lipinski definition) is 0. The number of fused-ring (bicyclic) bond motifs is 1. The standard InChI is InChI=1S/C21H24N2O/c24-20(16-23-15-5-14-22-13-4-8-21(22)23)19-11-9-18(10-12-19)17-6-2-1-3-7-17/h1-3,6-7,9-12,21H,4-5,8,13-16H2. The van der Waals surface area contributed by atoms with Crippen LogP contribution in [0.1, 0.15) is 29.6 Å². The van der Waals surface area contributed by atoms with E-state index in [0.29, 0.717) is 12.7 Å². The fourth-order valence-corrected chi connectivity index (χ4v) is 4.05. The predicted molar refractivity (Wildman–Crippen MR) is 97.0 cm³/mol. The summed E-state index contributed by atoms with van der Waals surface area (Å²) in [7, 11) is 0. The van der Waals surface area contributed by atoms with Crippen LogP contribution in [0.5, 0.6) is 0 Å². The molecule has 0 aromatic heterocycles. The highest BCUT2D eigenvalue weighted by Gasteiger charge is 2.33. The molecule has 0 aliphatic carbocycles. The van der Waals surface area contributed by atoms with Crippen LogP contribution in [0, 0.1) is 0 Å². The first-order valence-corrected chi connectivity index (χ1v) is 8.98. The lowest BCUT2D eigenvalue weighted by molar-refractivity contribution is 0.0338. The number of benzene rings is 2. The minimum Gasteiger partial charge on any atom is -0.293 e. The fourth-order valence-electron chi connectivity index (χ4n) is 4.05. The lowest BCUT2D eigenvalue weighted by Crippen LogP contribution is -2.51. The predicted octanol–water partition coefficient (Wildman–Crippen LogP) is 3.66. The molecule has 124 valence electrons. The first-order valence-electron chi connectivity index (χ1n) is 8.98. The molecule has 3 heteroatoms. The topological polar surface area (TPSA) is 23.6 Å². The highest BCUT2D eigenvalue weighted by Crippen LogP contribution is 2.25. The van der Waals surface area contributed by atoms with Gasteiger partial charge in [0.2, 0.25) is 0 Å². The van der Waals surface area contributed by atoms with Crippen molar-refractivity contribution in [3.8, 4) is 11.1 Å². The van der Waals surface area contributed by atoms with Gasteiger partial charge >= 0.3 is 0 Å². The second kappa shape index (κ2) is 6.88. The van der Waals surface area contributed by atoms with E-state index in [1.165, 1.54) is 37.9 Å². The summed E-state index contributed by atoms with van der Waals surface area (Å²) < 4.78 is 0. The number of nitrogens with zero attached hydrogens (tertiary/aromatic N) is 2. The molecule has 0 saturated carbocycles. The summed E-state index contributed by atoms with van der Waals surface area (Å²) in [6.45, 7) is 3.99. The van der Waals surface area contributed by atoms with Crippen LogP contribution in [0.4, 0.5) is 0 Å². The molecule has 0 bridgehead atoms. The largest absolute Gasteiger partial charge is 0.293 e. The van der Waals surface area contributed by atoms with Crippen LogP contribution in [0.3, 0.4) is 0 Å². The zero-order valence-corrected chi connectivity index (χ0v) is 14.0. The van der Waals surface area contributed by atoms with Crippen molar-refractivity contribution in [2.75, 3.05) is 26.2 Å². The molecule has 2 fully saturated rings. The average Bonchev–Trinajstić information content (AvgIpc) is 3.12. The fraction of sp³-hybridized carbons (Fsp3) is 0.381. The quantitative estimate of drug-likeness (QED) is 0.803. The van der Waals surface area contributed by atoms with Crippen LogP contribution in [-0.4, -0.2) is 47.9 Å². The van der Waals surface area contributed by atoms with Crippen molar-refractivity contribution >= 4 is 5.78 Å². The smallest absolute Gasteiger partial charge is 0.176 e. The first kappa shape index (κ1) is 15.6. The van der Waals surface area contributed by atoms with Gasteiger partial charge in [-0.2, -0.15) is 0 Å². The molecule has 2 aliphatic heterocycles. The van der Waals surface area contributed by atoms with Crippen molar-refractivity contribution in [2.45, 2.75) is 25.4 Å². The van der Waals surface area contributed by atoms with Gasteiger partial charge in [-0.3, -0.25) is 14.6 Å². The molecule has 4 rings (SSSR count). The Balaban J connectivity index is 1.45. The Morgan fingerprint density at radius 2 is 1.58 bits per heavy atom. The lowest BCUT2D eigenvalue weighted by Gasteiger charge is -2.39. The van der Waals surface area contributed by atoms with Gasteiger partial charge in [-0.15, -0.1) is 0 Å². The molecular weight excluding hydrogens is 296 g/mol. The van der Waals surface area contributed by atoms with Crippen molar-refractivity contribution in [1.82, 2.24) is 9.80 Å². The molecule has 1 atom stereocenters. The van der Waals surface area contributed by atoms with E-state index in [1.54, 1.807) is 0 Å². The molecule has 2 aromatic rings. The number of hydrogen-bond acceptors (Lipinski definition) is 3. The maximum absolute atomic E-state index is 12.7. The van der Waals surface area contributed by atoms with E-state index in [0.717, 1.165) is 17.7 Å². The summed E-state index contributed by atoms with van der Waals surface area (Å²) in [6, 6.07) is 18.4. The Hall–Kier alpha value is -1.97. The summed E-state index contributed by atoms with van der Waals surface area (Å²) in [6.07, 6.45) is 4.14. The summed E-state index contributed by atoms with van der Waals surface area (Å²) >= 11 is 0. The Morgan fingerprint density at radius 3 is 2.38 bits per heavy atom. The van der Waals surface area contributed by atoms with E-state index < -0.39 is 0 Å². The normalized spacial score (nSPS) is 21.6. The molecule has 0 amide bonds. The third-order valence-electron chi connectivity index (χ3n) is 5.30. The van der Waals surface area contributed by atoms with Gasteiger partial charge in [0.05, 0.1) is 12.7 Å². The molecule has 24 heavy (non-hydrogen) atoms. The van der Waals surface area contributed by atoms with Gasteiger partial charge in [-0.1, -0.05) is 54.6 Å². The van der Waals surface area contributed by atoms with Gasteiger partial charge in [0.25, 0.3) is 0 Å². The second-order valence-corrected chi connectivity index (χ2v) is 6.85. The van der Waals surface area contributed by atoms with Crippen LogP contribution in [-0.2, 0) is 0 Å². The minimum atomic E-state index is 0.239. The van der Waals surface area contributed by atoms with Crippen molar-refractivity contribution in [3.63, 3.8) is 0 Å². The molecular formula is C21H24N2O. The number of rotatable bonds is 4. The SMILES string of the molecule is O=C(CN1CCCN2CCCC21)c1ccc(-c2ccccc2)cc1. The first-order chi connectivity index (χ1) is 11.8. The molecule has 0 spiro atoms. The number of carbonyl (C=O) groups is 1. The molecule has 2 saturated heterocycles. The van der Waals surface area contributed by atoms with E-state index in [4.69, 9.17) is 0 Å². The second-order valence-electron chi connectivity index (χ2n) is 6.85. The third-order valence-corrected chi connectivity index (χ3v) is 5.30. The Kier molecular flexibility index (Phi) is 4.46. The molecule has 2 aromatic carbocycles. The summed E-state index contributed by atoms with van der Waals surface area (Å²) in [5.41, 5.74) is 3.17. The highest BCUT2D eigenvalue weighted by molar-refractivity contribution is 5.98. The molecule has 2 aliphatic rings. The van der Waals surface area contributed by atoms with E-state index >= 15 is 0 Å². The number of ketones is 1. The van der Waals surface area contributed by atoms with Crippen molar-refractivity contribution in [2.24, 2.45) is 0 Å².